The molecule has 1 aromatic carbocycles. The van der Waals surface area contributed by atoms with Crippen LogP contribution >= 0.6 is 27.7 Å². The maximum Gasteiger partial charge on any atom is 0.144 e. The second-order valence-electron chi connectivity index (χ2n) is 4.07. The van der Waals surface area contributed by atoms with E-state index in [-0.39, 0.29) is 5.82 Å². The topological polar surface area (TPSA) is 37.8 Å². The largest absolute Gasteiger partial charge is 0.372 e. The number of nitrogens with zero attached hydrogens (tertiary/aromatic N) is 2. The molecule has 0 amide bonds. The van der Waals surface area contributed by atoms with Gasteiger partial charge in [-0.1, -0.05) is 19.1 Å². The lowest BCUT2D eigenvalue weighted by Gasteiger charge is -2.10. The number of aryl methyl sites for hydroxylation is 1. The van der Waals surface area contributed by atoms with Crippen LogP contribution in [0.4, 0.5) is 10.2 Å². The molecule has 6 heteroatoms. The van der Waals surface area contributed by atoms with Crippen molar-refractivity contribution in [1.82, 2.24) is 9.97 Å². The third-order valence-electron chi connectivity index (χ3n) is 2.73. The summed E-state index contributed by atoms with van der Waals surface area (Å²) in [6.45, 7) is 2.04. The first-order valence-corrected chi connectivity index (χ1v) is 8.04. The molecule has 0 bridgehead atoms. The van der Waals surface area contributed by atoms with E-state index in [0.29, 0.717) is 16.5 Å². The van der Waals surface area contributed by atoms with Crippen LogP contribution in [-0.2, 0) is 12.2 Å². The highest BCUT2D eigenvalue weighted by Crippen LogP contribution is 2.28. The quantitative estimate of drug-likeness (QED) is 0.812. The van der Waals surface area contributed by atoms with Gasteiger partial charge in [0, 0.05) is 11.9 Å². The van der Waals surface area contributed by atoms with E-state index in [1.807, 2.05) is 20.0 Å². The molecule has 2 aromatic rings. The molecule has 0 fully saturated rings. The monoisotopic (exact) mass is 355 g/mol. The van der Waals surface area contributed by atoms with Gasteiger partial charge in [-0.25, -0.2) is 14.4 Å². The molecule has 3 nitrogen and oxygen atoms in total. The smallest absolute Gasteiger partial charge is 0.144 e. The second kappa shape index (κ2) is 7.04. The number of rotatable bonds is 5. The maximum atomic E-state index is 13.6. The average molecular weight is 356 g/mol. The van der Waals surface area contributed by atoms with Gasteiger partial charge in [-0.3, -0.25) is 0 Å². The van der Waals surface area contributed by atoms with Gasteiger partial charge in [0.1, 0.15) is 17.5 Å². The van der Waals surface area contributed by atoms with Gasteiger partial charge in [-0.15, -0.1) is 11.8 Å². The molecule has 0 atom stereocenters. The number of halogens is 2. The minimum atomic E-state index is -0.209. The standard InChI is InChI=1S/C14H15BrFN3S/c1-3-10-13(15)14(17-2)19-12(18-10)8-20-11-7-5-4-6-9(11)16/h4-7H,3,8H2,1-2H3,(H,17,18,19). The van der Waals surface area contributed by atoms with Gasteiger partial charge in [0.05, 0.1) is 15.9 Å². The number of nitrogens with one attached hydrogen (secondary N) is 1. The lowest BCUT2D eigenvalue weighted by molar-refractivity contribution is 0.602. The highest BCUT2D eigenvalue weighted by molar-refractivity contribution is 9.10. The van der Waals surface area contributed by atoms with Crippen molar-refractivity contribution in [2.75, 3.05) is 12.4 Å². The first-order chi connectivity index (χ1) is 9.65. The summed E-state index contributed by atoms with van der Waals surface area (Å²) in [5, 5.41) is 3.04. The normalized spacial score (nSPS) is 10.6. The number of aromatic nitrogens is 2. The van der Waals surface area contributed by atoms with Crippen molar-refractivity contribution >= 4 is 33.5 Å². The molecule has 2 rings (SSSR count). The summed E-state index contributed by atoms with van der Waals surface area (Å²) < 4.78 is 14.5. The first kappa shape index (κ1) is 15.3. The van der Waals surface area contributed by atoms with Gasteiger partial charge < -0.3 is 5.32 Å². The molecule has 0 unspecified atom stereocenters. The second-order valence-corrected chi connectivity index (χ2v) is 5.88. The van der Waals surface area contributed by atoms with Gasteiger partial charge in [-0.05, 0) is 34.5 Å². The molecule has 1 heterocycles. The zero-order valence-electron chi connectivity index (χ0n) is 11.3. The number of hydrogen-bond acceptors (Lipinski definition) is 4. The Morgan fingerprint density at radius 1 is 1.30 bits per heavy atom. The summed E-state index contributed by atoms with van der Waals surface area (Å²) in [5.41, 5.74) is 0.952. The van der Waals surface area contributed by atoms with Gasteiger partial charge >= 0.3 is 0 Å². The molecule has 0 aliphatic rings. The fourth-order valence-electron chi connectivity index (χ4n) is 1.71. The van der Waals surface area contributed by atoms with Crippen LogP contribution in [0.3, 0.4) is 0 Å². The minimum absolute atomic E-state index is 0.209. The van der Waals surface area contributed by atoms with Crippen molar-refractivity contribution in [3.05, 3.63) is 46.1 Å². The van der Waals surface area contributed by atoms with Crippen molar-refractivity contribution in [2.45, 2.75) is 24.0 Å². The van der Waals surface area contributed by atoms with Gasteiger partial charge in [-0.2, -0.15) is 0 Å². The highest BCUT2D eigenvalue weighted by Gasteiger charge is 2.11. The fraction of sp³-hybridized carbons (Fsp3) is 0.286. The number of benzene rings is 1. The predicted octanol–water partition coefficient (Wildman–Crippen LogP) is 4.27. The van der Waals surface area contributed by atoms with Crippen LogP contribution in [0, 0.1) is 5.82 Å². The average Bonchev–Trinajstić information content (AvgIpc) is 2.47. The van der Waals surface area contributed by atoms with Crippen LogP contribution in [-0.4, -0.2) is 17.0 Å². The van der Waals surface area contributed by atoms with Gasteiger partial charge in [0.2, 0.25) is 0 Å². The van der Waals surface area contributed by atoms with E-state index in [1.165, 1.54) is 17.8 Å². The van der Waals surface area contributed by atoms with Crippen molar-refractivity contribution in [1.29, 1.82) is 0 Å². The Morgan fingerprint density at radius 3 is 2.70 bits per heavy atom. The molecule has 0 aliphatic heterocycles. The van der Waals surface area contributed by atoms with Crippen LogP contribution in [0.2, 0.25) is 0 Å². The summed E-state index contributed by atoms with van der Waals surface area (Å²) in [6.07, 6.45) is 0.815. The van der Waals surface area contributed by atoms with Crippen molar-refractivity contribution in [3.8, 4) is 0 Å². The van der Waals surface area contributed by atoms with E-state index in [0.717, 1.165) is 22.4 Å². The van der Waals surface area contributed by atoms with Crippen LogP contribution in [0.5, 0.6) is 0 Å². The zero-order chi connectivity index (χ0) is 14.5. The molecular weight excluding hydrogens is 341 g/mol. The molecule has 1 aromatic heterocycles. The van der Waals surface area contributed by atoms with Crippen LogP contribution in [0.25, 0.3) is 0 Å². The van der Waals surface area contributed by atoms with E-state index < -0.39 is 0 Å². The lowest BCUT2D eigenvalue weighted by atomic mass is 10.3. The third-order valence-corrected chi connectivity index (χ3v) is 4.61. The number of thioether (sulfide) groups is 1. The molecule has 0 radical (unpaired) electrons. The van der Waals surface area contributed by atoms with E-state index in [9.17, 15) is 4.39 Å². The third kappa shape index (κ3) is 3.49. The van der Waals surface area contributed by atoms with Crippen LogP contribution in [0.1, 0.15) is 18.4 Å². The highest BCUT2D eigenvalue weighted by atomic mass is 79.9. The Hall–Kier alpha value is -1.14. The summed E-state index contributed by atoms with van der Waals surface area (Å²) in [6, 6.07) is 6.73. The SMILES string of the molecule is CCc1nc(CSc2ccccc2F)nc(NC)c1Br. The Morgan fingerprint density at radius 2 is 2.05 bits per heavy atom. The summed E-state index contributed by atoms with van der Waals surface area (Å²) in [4.78, 5) is 9.55. The van der Waals surface area contributed by atoms with Crippen molar-refractivity contribution < 1.29 is 4.39 Å². The van der Waals surface area contributed by atoms with Gasteiger partial charge in [0.25, 0.3) is 0 Å². The molecule has 1 N–H and O–H groups in total. The number of hydrogen-bond donors (Lipinski definition) is 1. The molecule has 20 heavy (non-hydrogen) atoms. The summed E-state index contributed by atoms with van der Waals surface area (Å²) >= 11 is 4.89. The fourth-order valence-corrected chi connectivity index (χ4v) is 3.16. The molecule has 106 valence electrons. The Kier molecular flexibility index (Phi) is 5.37. The molecule has 0 aliphatic carbocycles. The van der Waals surface area contributed by atoms with Gasteiger partial charge in [0.15, 0.2) is 0 Å². The molecular formula is C14H15BrFN3S. The number of anilines is 1. The summed E-state index contributed by atoms with van der Waals surface area (Å²) in [7, 11) is 1.82. The molecule has 0 saturated carbocycles. The van der Waals surface area contributed by atoms with E-state index in [1.54, 1.807) is 12.1 Å². The van der Waals surface area contributed by atoms with E-state index >= 15 is 0 Å². The van der Waals surface area contributed by atoms with Crippen LogP contribution in [0.15, 0.2) is 33.6 Å². The minimum Gasteiger partial charge on any atom is -0.372 e. The maximum absolute atomic E-state index is 13.6. The van der Waals surface area contributed by atoms with Crippen LogP contribution < -0.4 is 5.32 Å². The molecule has 0 saturated heterocycles. The lowest BCUT2D eigenvalue weighted by Crippen LogP contribution is -2.04. The van der Waals surface area contributed by atoms with Crippen molar-refractivity contribution in [2.24, 2.45) is 0 Å². The predicted molar refractivity (Wildman–Crippen MR) is 84.6 cm³/mol. The zero-order valence-corrected chi connectivity index (χ0v) is 13.7. The summed E-state index contributed by atoms with van der Waals surface area (Å²) in [5.74, 6) is 1.79. The Balaban J connectivity index is 2.19. The molecule has 0 spiro atoms. The first-order valence-electron chi connectivity index (χ1n) is 6.26. The van der Waals surface area contributed by atoms with E-state index in [4.69, 9.17) is 0 Å². The Labute approximate surface area is 130 Å². The Bertz CT molecular complexity index is 582. The van der Waals surface area contributed by atoms with Crippen molar-refractivity contribution in [3.63, 3.8) is 0 Å². The van der Waals surface area contributed by atoms with E-state index in [2.05, 4.69) is 31.2 Å².